The fraction of sp³-hybridized carbons (Fsp3) is 1.00. The molecular formula is C20H43N3. The van der Waals surface area contributed by atoms with E-state index in [1.807, 2.05) is 0 Å². The summed E-state index contributed by atoms with van der Waals surface area (Å²) in [4.78, 5) is 0. The zero-order valence-corrected chi connectivity index (χ0v) is 15.6. The quantitative estimate of drug-likeness (QED) is 0.354. The van der Waals surface area contributed by atoms with Gasteiger partial charge in [-0.1, -0.05) is 89.9 Å². The van der Waals surface area contributed by atoms with Gasteiger partial charge in [-0.15, -0.1) is 0 Å². The Kier molecular flexibility index (Phi) is 15.2. The van der Waals surface area contributed by atoms with E-state index in [-0.39, 0.29) is 0 Å². The zero-order chi connectivity index (χ0) is 16.4. The first-order chi connectivity index (χ1) is 11.4. The molecular weight excluding hydrogens is 282 g/mol. The highest BCUT2D eigenvalue weighted by molar-refractivity contribution is 4.64. The summed E-state index contributed by atoms with van der Waals surface area (Å²) in [5.41, 5.74) is 2.72. The maximum Gasteiger partial charge on any atom is 0.0109 e. The van der Waals surface area contributed by atoms with E-state index in [1.54, 1.807) is 0 Å². The molecule has 1 aliphatic rings. The van der Waals surface area contributed by atoms with Crippen LogP contribution in [0.1, 0.15) is 103 Å². The summed E-state index contributed by atoms with van der Waals surface area (Å²) < 4.78 is 0. The molecule has 0 atom stereocenters. The van der Waals surface area contributed by atoms with Crippen LogP contribution in [0, 0.1) is 5.92 Å². The zero-order valence-electron chi connectivity index (χ0n) is 15.6. The Morgan fingerprint density at radius 2 is 1.09 bits per heavy atom. The van der Waals surface area contributed by atoms with Crippen LogP contribution in [0.5, 0.6) is 0 Å². The van der Waals surface area contributed by atoms with Gasteiger partial charge in [0, 0.05) is 6.54 Å². The number of hydrogen-bond donors (Lipinski definition) is 3. The van der Waals surface area contributed by atoms with Crippen molar-refractivity contribution in [2.24, 2.45) is 11.8 Å². The average molecular weight is 326 g/mol. The predicted octanol–water partition coefficient (Wildman–Crippen LogP) is 4.91. The Labute approximate surface area is 145 Å². The van der Waals surface area contributed by atoms with Gasteiger partial charge in [-0.05, 0) is 31.8 Å². The molecule has 1 rings (SSSR count). The normalized spacial score (nSPS) is 20.7. The fourth-order valence-corrected chi connectivity index (χ4v) is 3.81. The van der Waals surface area contributed by atoms with Gasteiger partial charge >= 0.3 is 0 Å². The van der Waals surface area contributed by atoms with Gasteiger partial charge in [-0.2, -0.15) is 0 Å². The van der Waals surface area contributed by atoms with Gasteiger partial charge in [0.15, 0.2) is 0 Å². The monoisotopic (exact) mass is 325 g/mol. The molecule has 0 aromatic carbocycles. The maximum atomic E-state index is 5.30. The third kappa shape index (κ3) is 14.0. The van der Waals surface area contributed by atoms with Crippen molar-refractivity contribution in [2.75, 3.05) is 19.6 Å². The highest BCUT2D eigenvalue weighted by Gasteiger charge is 2.08. The molecule has 0 aromatic rings. The van der Waals surface area contributed by atoms with Crippen molar-refractivity contribution in [3.05, 3.63) is 0 Å². The Balaban J connectivity index is 2.15. The summed E-state index contributed by atoms with van der Waals surface area (Å²) in [7, 11) is 0. The Morgan fingerprint density at radius 1 is 0.609 bits per heavy atom. The van der Waals surface area contributed by atoms with Crippen LogP contribution in [0.4, 0.5) is 0 Å². The lowest BCUT2D eigenvalue weighted by Gasteiger charge is -2.17. The van der Waals surface area contributed by atoms with E-state index in [4.69, 9.17) is 5.84 Å². The molecule has 3 heteroatoms. The van der Waals surface area contributed by atoms with Crippen molar-refractivity contribution >= 4 is 0 Å². The van der Waals surface area contributed by atoms with Crippen LogP contribution in [0.2, 0.25) is 0 Å². The average Bonchev–Trinajstić information content (AvgIpc) is 2.57. The maximum absolute atomic E-state index is 5.30. The van der Waals surface area contributed by atoms with E-state index in [9.17, 15) is 0 Å². The molecule has 1 saturated carbocycles. The van der Waals surface area contributed by atoms with Crippen LogP contribution in [0.15, 0.2) is 0 Å². The van der Waals surface area contributed by atoms with Gasteiger partial charge in [0.1, 0.15) is 0 Å². The lowest BCUT2D eigenvalue weighted by molar-refractivity contribution is 0.373. The summed E-state index contributed by atoms with van der Waals surface area (Å²) in [6, 6.07) is 0. The molecule has 0 amide bonds. The SMILES string of the molecule is NNCCCNCCC1CCCCCCCCCCCCCC1. The molecule has 0 aliphatic heterocycles. The molecule has 23 heavy (non-hydrogen) atoms. The molecule has 0 bridgehead atoms. The molecule has 1 fully saturated rings. The van der Waals surface area contributed by atoms with Crippen LogP contribution >= 0.6 is 0 Å². The second-order valence-corrected chi connectivity index (χ2v) is 7.53. The van der Waals surface area contributed by atoms with Gasteiger partial charge in [-0.25, -0.2) is 0 Å². The number of rotatable bonds is 7. The van der Waals surface area contributed by atoms with Gasteiger partial charge in [0.05, 0.1) is 0 Å². The first kappa shape index (κ1) is 20.9. The standard InChI is InChI=1S/C20H43N3/c21-23-18-13-17-22-19-16-20-14-11-9-7-5-3-1-2-4-6-8-10-12-15-20/h20,22-23H,1-19,21H2. The molecule has 0 radical (unpaired) electrons. The smallest absolute Gasteiger partial charge is 0.0109 e. The molecule has 0 heterocycles. The summed E-state index contributed by atoms with van der Waals surface area (Å²) in [6.07, 6.45) is 23.1. The third-order valence-electron chi connectivity index (χ3n) is 5.38. The minimum absolute atomic E-state index is 0.913. The number of nitrogens with one attached hydrogen (secondary N) is 2. The van der Waals surface area contributed by atoms with Crippen molar-refractivity contribution in [1.29, 1.82) is 0 Å². The largest absolute Gasteiger partial charge is 0.317 e. The molecule has 0 aromatic heterocycles. The minimum atomic E-state index is 0.913. The Morgan fingerprint density at radius 3 is 1.57 bits per heavy atom. The topological polar surface area (TPSA) is 50.1 Å². The van der Waals surface area contributed by atoms with E-state index in [0.29, 0.717) is 0 Å². The number of hydrogen-bond acceptors (Lipinski definition) is 3. The molecule has 3 nitrogen and oxygen atoms in total. The second kappa shape index (κ2) is 16.7. The Bertz CT molecular complexity index is 217. The lowest BCUT2D eigenvalue weighted by atomic mass is 9.91. The van der Waals surface area contributed by atoms with E-state index >= 15 is 0 Å². The molecule has 0 saturated heterocycles. The molecule has 0 unspecified atom stereocenters. The summed E-state index contributed by atoms with van der Waals surface area (Å²) in [5, 5.41) is 3.58. The highest BCUT2D eigenvalue weighted by atomic mass is 15.2. The van der Waals surface area contributed by atoms with Crippen molar-refractivity contribution in [1.82, 2.24) is 10.7 Å². The van der Waals surface area contributed by atoms with Crippen molar-refractivity contribution < 1.29 is 0 Å². The van der Waals surface area contributed by atoms with Gasteiger partial charge in [-0.3, -0.25) is 11.3 Å². The van der Waals surface area contributed by atoms with E-state index in [1.165, 1.54) is 103 Å². The van der Waals surface area contributed by atoms with E-state index < -0.39 is 0 Å². The lowest BCUT2D eigenvalue weighted by Crippen LogP contribution is -2.27. The van der Waals surface area contributed by atoms with Crippen molar-refractivity contribution in [2.45, 2.75) is 103 Å². The van der Waals surface area contributed by atoms with Crippen molar-refractivity contribution in [3.8, 4) is 0 Å². The summed E-state index contributed by atoms with van der Waals surface area (Å²) >= 11 is 0. The summed E-state index contributed by atoms with van der Waals surface area (Å²) in [5.74, 6) is 6.26. The summed E-state index contributed by atoms with van der Waals surface area (Å²) in [6.45, 7) is 3.20. The van der Waals surface area contributed by atoms with Gasteiger partial charge < -0.3 is 5.32 Å². The van der Waals surface area contributed by atoms with Crippen molar-refractivity contribution in [3.63, 3.8) is 0 Å². The minimum Gasteiger partial charge on any atom is -0.317 e. The first-order valence-electron chi connectivity index (χ1n) is 10.6. The van der Waals surface area contributed by atoms with Gasteiger partial charge in [0.2, 0.25) is 0 Å². The fourth-order valence-electron chi connectivity index (χ4n) is 3.81. The Hall–Kier alpha value is -0.120. The second-order valence-electron chi connectivity index (χ2n) is 7.53. The van der Waals surface area contributed by atoms with Crippen LogP contribution in [-0.4, -0.2) is 19.6 Å². The molecule has 138 valence electrons. The van der Waals surface area contributed by atoms with Crippen LogP contribution < -0.4 is 16.6 Å². The van der Waals surface area contributed by atoms with Gasteiger partial charge in [0.25, 0.3) is 0 Å². The first-order valence-corrected chi connectivity index (χ1v) is 10.6. The molecule has 1 aliphatic carbocycles. The van der Waals surface area contributed by atoms with Crippen LogP contribution in [0.3, 0.4) is 0 Å². The van der Waals surface area contributed by atoms with E-state index in [0.717, 1.165) is 25.4 Å². The highest BCUT2D eigenvalue weighted by Crippen LogP contribution is 2.22. The van der Waals surface area contributed by atoms with E-state index in [2.05, 4.69) is 10.7 Å². The number of nitrogens with two attached hydrogens (primary N) is 1. The van der Waals surface area contributed by atoms with Crippen LogP contribution in [0.25, 0.3) is 0 Å². The molecule has 0 spiro atoms. The predicted molar refractivity (Wildman–Crippen MR) is 102 cm³/mol. The van der Waals surface area contributed by atoms with Crippen LogP contribution in [-0.2, 0) is 0 Å². The third-order valence-corrected chi connectivity index (χ3v) is 5.38. The molecule has 4 N–H and O–H groups in total. The number of hydrazine groups is 1.